The number of benzene rings is 5. The summed E-state index contributed by atoms with van der Waals surface area (Å²) < 4.78 is 0. The van der Waals surface area contributed by atoms with Crippen LogP contribution in [0.2, 0.25) is 0 Å². The molecule has 0 unspecified atom stereocenters. The number of allylic oxidation sites excluding steroid dienone is 5. The summed E-state index contributed by atoms with van der Waals surface area (Å²) in [5, 5.41) is 2.69. The first-order valence-electron chi connectivity index (χ1n) is 18.1. The molecule has 1 aromatic heterocycles. The molecule has 5 aliphatic rings. The molecule has 0 aliphatic heterocycles. The number of fused-ring (bicyclic) bond motifs is 5. The third-order valence-corrected chi connectivity index (χ3v) is 12.6. The van der Waals surface area contributed by atoms with Gasteiger partial charge in [0, 0.05) is 11.0 Å². The third-order valence-electron chi connectivity index (χ3n) is 12.6. The highest BCUT2D eigenvalue weighted by molar-refractivity contribution is 5.96. The molecule has 6 aromatic rings. The van der Waals surface area contributed by atoms with Gasteiger partial charge in [0.05, 0.1) is 22.4 Å². The largest absolute Gasteiger partial charge is 0.244 e. The van der Waals surface area contributed by atoms with Crippen molar-refractivity contribution in [1.82, 2.24) is 9.97 Å². The molecule has 2 nitrogen and oxygen atoms in total. The van der Waals surface area contributed by atoms with Gasteiger partial charge in [-0.05, 0) is 143 Å². The average Bonchev–Trinajstić information content (AvgIpc) is 3.41. The van der Waals surface area contributed by atoms with Crippen LogP contribution in [0.4, 0.5) is 0 Å². The second-order valence-electron chi connectivity index (χ2n) is 15.1. The lowest BCUT2D eigenvalue weighted by atomic mass is 9.43. The van der Waals surface area contributed by atoms with Crippen LogP contribution in [-0.2, 0) is 5.41 Å². The lowest BCUT2D eigenvalue weighted by Crippen LogP contribution is -2.55. The number of hydrogen-bond donors (Lipinski definition) is 0. The monoisotopic (exact) mass is 632 g/mol. The maximum absolute atomic E-state index is 5.34. The van der Waals surface area contributed by atoms with E-state index in [1.165, 1.54) is 54.0 Å². The zero-order valence-electron chi connectivity index (χ0n) is 28.1. The van der Waals surface area contributed by atoms with E-state index in [9.17, 15) is 0 Å². The molecule has 238 valence electrons. The summed E-state index contributed by atoms with van der Waals surface area (Å²) in [6.45, 7) is 6.26. The number of para-hydroxylation sites is 2. The van der Waals surface area contributed by atoms with Gasteiger partial charge in [-0.1, -0.05) is 104 Å². The fourth-order valence-corrected chi connectivity index (χ4v) is 10.7. The van der Waals surface area contributed by atoms with E-state index in [4.69, 9.17) is 9.97 Å². The highest BCUT2D eigenvalue weighted by Gasteiger charge is 2.61. The molecule has 0 saturated heterocycles. The van der Waals surface area contributed by atoms with Crippen molar-refractivity contribution in [3.63, 3.8) is 0 Å². The van der Waals surface area contributed by atoms with E-state index >= 15 is 0 Å². The van der Waals surface area contributed by atoms with Crippen molar-refractivity contribution in [2.24, 2.45) is 23.7 Å². The lowest BCUT2D eigenvalue weighted by Gasteiger charge is -2.61. The molecule has 2 heteroatoms. The van der Waals surface area contributed by atoms with E-state index in [2.05, 4.69) is 123 Å². The van der Waals surface area contributed by atoms with E-state index in [0.717, 1.165) is 68.4 Å². The lowest BCUT2D eigenvalue weighted by molar-refractivity contribution is -0.0398. The second kappa shape index (κ2) is 11.0. The van der Waals surface area contributed by atoms with Gasteiger partial charge >= 0.3 is 0 Å². The van der Waals surface area contributed by atoms with Crippen LogP contribution in [0.15, 0.2) is 134 Å². The molecule has 4 fully saturated rings. The molecule has 0 N–H and O–H groups in total. The SMILES string of the molecule is C=C/C(=C\C=C(/C)c1nc2ccccc2nc1-c1ccc2c(c1)-c1cc3ccccc3cc1C21C2CC3CC(C2)CC1C3)c1ccccc1. The molecule has 49 heavy (non-hydrogen) atoms. The Bertz CT molecular complexity index is 2350. The summed E-state index contributed by atoms with van der Waals surface area (Å²) in [6.07, 6.45) is 13.2. The number of hydrogen-bond acceptors (Lipinski definition) is 2. The Kier molecular flexibility index (Phi) is 6.47. The summed E-state index contributed by atoms with van der Waals surface area (Å²) in [5.74, 6) is 3.30. The Morgan fingerprint density at radius 3 is 2.00 bits per heavy atom. The number of aromatic nitrogens is 2. The van der Waals surface area contributed by atoms with Crippen molar-refractivity contribution in [3.05, 3.63) is 156 Å². The topological polar surface area (TPSA) is 25.8 Å². The van der Waals surface area contributed by atoms with Crippen LogP contribution >= 0.6 is 0 Å². The predicted molar refractivity (Wildman–Crippen MR) is 204 cm³/mol. The summed E-state index contributed by atoms with van der Waals surface area (Å²) >= 11 is 0. The highest BCUT2D eigenvalue weighted by atomic mass is 14.8. The van der Waals surface area contributed by atoms with Crippen molar-refractivity contribution >= 4 is 33.0 Å². The number of rotatable bonds is 5. The van der Waals surface area contributed by atoms with E-state index in [1.807, 2.05) is 18.2 Å². The molecule has 0 atom stereocenters. The molecule has 0 amide bonds. The normalized spacial score (nSPS) is 25.2. The zero-order chi connectivity index (χ0) is 32.7. The summed E-state index contributed by atoms with van der Waals surface area (Å²) in [6, 6.07) is 40.1. The molecular weight excluding hydrogens is 593 g/mol. The molecule has 1 heterocycles. The molecule has 0 radical (unpaired) electrons. The first-order valence-corrected chi connectivity index (χ1v) is 18.1. The van der Waals surface area contributed by atoms with E-state index in [-0.39, 0.29) is 5.41 Å². The van der Waals surface area contributed by atoms with Crippen molar-refractivity contribution in [2.75, 3.05) is 0 Å². The first kappa shape index (κ1) is 28.9. The average molecular weight is 633 g/mol. The fraction of sp³-hybridized carbons (Fsp3) is 0.234. The Labute approximate surface area is 289 Å². The van der Waals surface area contributed by atoms with Crippen LogP contribution in [0.3, 0.4) is 0 Å². The van der Waals surface area contributed by atoms with E-state index in [1.54, 1.807) is 11.1 Å². The van der Waals surface area contributed by atoms with Crippen LogP contribution in [0, 0.1) is 23.7 Å². The van der Waals surface area contributed by atoms with Crippen molar-refractivity contribution < 1.29 is 0 Å². The Hall–Kier alpha value is -5.08. The van der Waals surface area contributed by atoms with Gasteiger partial charge in [-0.2, -0.15) is 0 Å². The molecule has 5 aliphatic carbocycles. The van der Waals surface area contributed by atoms with Gasteiger partial charge in [-0.15, -0.1) is 0 Å². The quantitative estimate of drug-likeness (QED) is 0.177. The Morgan fingerprint density at radius 2 is 1.29 bits per heavy atom. The molecule has 11 rings (SSSR count). The minimum absolute atomic E-state index is 0.123. The number of nitrogens with zero attached hydrogens (tertiary/aromatic N) is 2. The minimum atomic E-state index is 0.123. The predicted octanol–water partition coefficient (Wildman–Crippen LogP) is 11.8. The zero-order valence-corrected chi connectivity index (χ0v) is 28.1. The minimum Gasteiger partial charge on any atom is -0.244 e. The Morgan fingerprint density at radius 1 is 0.653 bits per heavy atom. The second-order valence-corrected chi connectivity index (χ2v) is 15.1. The fourth-order valence-electron chi connectivity index (χ4n) is 10.7. The first-order chi connectivity index (χ1) is 24.1. The summed E-state index contributed by atoms with van der Waals surface area (Å²) in [4.78, 5) is 10.6. The Balaban J connectivity index is 1.17. The molecule has 5 aromatic carbocycles. The van der Waals surface area contributed by atoms with Gasteiger partial charge in [0.15, 0.2) is 0 Å². The van der Waals surface area contributed by atoms with Gasteiger partial charge < -0.3 is 0 Å². The standard InChI is InChI=1S/C47H40N2/c1-3-32(33-11-5-4-6-12-33)18-17-29(2)45-46(49-44-16-10-9-15-43(44)48-45)36-19-20-41-39(27-36)40-26-34-13-7-8-14-35(34)28-42(40)47(41)37-22-30-21-31(24-37)25-38(47)23-30/h3-20,26-28,30-31,37-38H,1,21-25H2,2H3/b29-17+,32-18+. The van der Waals surface area contributed by atoms with Crippen LogP contribution in [0.1, 0.15) is 61.4 Å². The van der Waals surface area contributed by atoms with Crippen molar-refractivity contribution in [1.29, 1.82) is 0 Å². The maximum atomic E-state index is 5.34. The summed E-state index contributed by atoms with van der Waals surface area (Å²) in [5.41, 5.74) is 14.3. The van der Waals surface area contributed by atoms with E-state index in [0.29, 0.717) is 0 Å². The maximum Gasteiger partial charge on any atom is 0.0969 e. The van der Waals surface area contributed by atoms with Crippen LogP contribution < -0.4 is 0 Å². The van der Waals surface area contributed by atoms with Crippen LogP contribution in [0.25, 0.3) is 55.3 Å². The van der Waals surface area contributed by atoms with Gasteiger partial charge in [-0.25, -0.2) is 9.97 Å². The van der Waals surface area contributed by atoms with Gasteiger partial charge in [0.25, 0.3) is 0 Å². The smallest absolute Gasteiger partial charge is 0.0969 e. The highest BCUT2D eigenvalue weighted by Crippen LogP contribution is 2.69. The molecule has 4 bridgehead atoms. The molecule has 1 spiro atoms. The van der Waals surface area contributed by atoms with Crippen molar-refractivity contribution in [3.8, 4) is 22.4 Å². The van der Waals surface area contributed by atoms with Crippen LogP contribution in [-0.4, -0.2) is 9.97 Å². The summed E-state index contributed by atoms with van der Waals surface area (Å²) in [7, 11) is 0. The molecular formula is C47H40N2. The van der Waals surface area contributed by atoms with Crippen LogP contribution in [0.5, 0.6) is 0 Å². The third kappa shape index (κ3) is 4.32. The van der Waals surface area contributed by atoms with Gasteiger partial charge in [-0.3, -0.25) is 0 Å². The van der Waals surface area contributed by atoms with Crippen molar-refractivity contribution in [2.45, 2.75) is 44.4 Å². The van der Waals surface area contributed by atoms with E-state index < -0.39 is 0 Å². The molecule has 4 saturated carbocycles. The van der Waals surface area contributed by atoms with Gasteiger partial charge in [0.1, 0.15) is 0 Å². The van der Waals surface area contributed by atoms with Gasteiger partial charge in [0.2, 0.25) is 0 Å².